The number of hydrogen-bond donors (Lipinski definition) is 2. The van der Waals surface area contributed by atoms with Crippen LogP contribution in [0.2, 0.25) is 0 Å². The van der Waals surface area contributed by atoms with Gasteiger partial charge in [0, 0.05) is 24.3 Å². The van der Waals surface area contributed by atoms with Crippen LogP contribution in [-0.2, 0) is 16.0 Å². The highest BCUT2D eigenvalue weighted by Gasteiger charge is 2.27. The second-order valence-corrected chi connectivity index (χ2v) is 7.12. The molecule has 2 N–H and O–H groups in total. The number of nitrogens with one attached hydrogen (secondary N) is 1. The molecule has 7 heteroatoms. The zero-order valence-electron chi connectivity index (χ0n) is 14.2. The average Bonchev–Trinajstić information content (AvgIpc) is 3.14. The minimum Gasteiger partial charge on any atom is -0.481 e. The van der Waals surface area contributed by atoms with E-state index in [1.54, 1.807) is 40.5 Å². The highest BCUT2D eigenvalue weighted by atomic mass is 32.1. The number of thiophene rings is 1. The van der Waals surface area contributed by atoms with Crippen LogP contribution in [0.1, 0.15) is 28.8 Å². The average molecular weight is 372 g/mol. The minimum atomic E-state index is -0.792. The van der Waals surface area contributed by atoms with Gasteiger partial charge in [0.2, 0.25) is 5.91 Å². The molecule has 0 bridgehead atoms. The first-order valence-electron chi connectivity index (χ1n) is 8.46. The predicted octanol–water partition coefficient (Wildman–Crippen LogP) is 2.87. The van der Waals surface area contributed by atoms with Crippen molar-refractivity contribution in [3.05, 3.63) is 52.2 Å². The third kappa shape index (κ3) is 4.49. The molecule has 1 aliphatic heterocycles. The fourth-order valence-electron chi connectivity index (χ4n) is 2.99. The van der Waals surface area contributed by atoms with E-state index in [1.165, 1.54) is 0 Å². The van der Waals surface area contributed by atoms with Gasteiger partial charge in [-0.05, 0) is 59.5 Å². The van der Waals surface area contributed by atoms with Crippen molar-refractivity contribution in [1.82, 2.24) is 4.90 Å². The van der Waals surface area contributed by atoms with Gasteiger partial charge in [-0.25, -0.2) is 0 Å². The van der Waals surface area contributed by atoms with E-state index in [4.69, 9.17) is 5.11 Å². The summed E-state index contributed by atoms with van der Waals surface area (Å²) in [6.45, 7) is 0.907. The SMILES string of the molecule is O=C(Cc1ccsc1)Nc1ccc(C(=O)N2CCC(C(=O)O)CC2)cc1. The van der Waals surface area contributed by atoms with Gasteiger partial charge >= 0.3 is 5.97 Å². The fraction of sp³-hybridized carbons (Fsp3) is 0.316. The number of piperidine rings is 1. The molecule has 2 aromatic rings. The zero-order valence-corrected chi connectivity index (χ0v) is 15.0. The Morgan fingerprint density at radius 3 is 2.38 bits per heavy atom. The lowest BCUT2D eigenvalue weighted by atomic mass is 9.96. The van der Waals surface area contributed by atoms with Crippen molar-refractivity contribution < 1.29 is 19.5 Å². The molecule has 2 heterocycles. The van der Waals surface area contributed by atoms with Gasteiger partial charge < -0.3 is 15.3 Å². The lowest BCUT2D eigenvalue weighted by Crippen LogP contribution is -2.40. The van der Waals surface area contributed by atoms with Gasteiger partial charge in [0.15, 0.2) is 0 Å². The highest BCUT2D eigenvalue weighted by molar-refractivity contribution is 7.08. The first-order chi connectivity index (χ1) is 12.5. The van der Waals surface area contributed by atoms with Gasteiger partial charge in [0.05, 0.1) is 12.3 Å². The van der Waals surface area contributed by atoms with Gasteiger partial charge in [0.25, 0.3) is 5.91 Å². The summed E-state index contributed by atoms with van der Waals surface area (Å²) in [6, 6.07) is 8.71. The third-order valence-corrected chi connectivity index (χ3v) is 5.22. The van der Waals surface area contributed by atoms with E-state index < -0.39 is 5.97 Å². The van der Waals surface area contributed by atoms with Crippen LogP contribution >= 0.6 is 11.3 Å². The second-order valence-electron chi connectivity index (χ2n) is 6.34. The highest BCUT2D eigenvalue weighted by Crippen LogP contribution is 2.20. The molecule has 3 rings (SSSR count). The van der Waals surface area contributed by atoms with E-state index in [0.29, 0.717) is 43.6 Å². The number of carboxylic acids is 1. The van der Waals surface area contributed by atoms with E-state index in [1.807, 2.05) is 16.8 Å². The number of benzene rings is 1. The molecule has 0 spiro atoms. The fourth-order valence-corrected chi connectivity index (χ4v) is 3.66. The molecule has 0 radical (unpaired) electrons. The number of nitrogens with zero attached hydrogens (tertiary/aromatic N) is 1. The van der Waals surface area contributed by atoms with E-state index in [2.05, 4.69) is 5.32 Å². The number of carbonyl (C=O) groups is 3. The molecule has 26 heavy (non-hydrogen) atoms. The molecule has 6 nitrogen and oxygen atoms in total. The molecule has 0 aliphatic carbocycles. The number of carboxylic acid groups (broad SMARTS) is 1. The maximum atomic E-state index is 12.5. The van der Waals surface area contributed by atoms with Crippen LogP contribution < -0.4 is 5.32 Å². The van der Waals surface area contributed by atoms with Crippen molar-refractivity contribution in [1.29, 1.82) is 0 Å². The molecule has 136 valence electrons. The third-order valence-electron chi connectivity index (χ3n) is 4.49. The lowest BCUT2D eigenvalue weighted by Gasteiger charge is -2.30. The van der Waals surface area contributed by atoms with Crippen molar-refractivity contribution in [2.75, 3.05) is 18.4 Å². The smallest absolute Gasteiger partial charge is 0.306 e. The van der Waals surface area contributed by atoms with Crippen LogP contribution in [0.25, 0.3) is 0 Å². The normalized spacial score (nSPS) is 14.8. The molecule has 1 aromatic carbocycles. The summed E-state index contributed by atoms with van der Waals surface area (Å²) in [5.41, 5.74) is 2.16. The molecular formula is C19H20N2O4S. The minimum absolute atomic E-state index is 0.0989. The van der Waals surface area contributed by atoms with E-state index in [0.717, 1.165) is 5.56 Å². The Labute approximate surface area is 155 Å². The van der Waals surface area contributed by atoms with E-state index in [-0.39, 0.29) is 17.7 Å². The molecule has 1 aromatic heterocycles. The predicted molar refractivity (Wildman–Crippen MR) is 99.4 cm³/mol. The van der Waals surface area contributed by atoms with Gasteiger partial charge in [0.1, 0.15) is 0 Å². The molecule has 0 atom stereocenters. The summed E-state index contributed by atoms with van der Waals surface area (Å²) >= 11 is 1.55. The van der Waals surface area contributed by atoms with Gasteiger partial charge in [-0.1, -0.05) is 0 Å². The molecule has 1 saturated heterocycles. The van der Waals surface area contributed by atoms with Gasteiger partial charge in [-0.2, -0.15) is 11.3 Å². The van der Waals surface area contributed by atoms with Gasteiger partial charge in [-0.3, -0.25) is 14.4 Å². The Morgan fingerprint density at radius 1 is 1.12 bits per heavy atom. The Kier molecular flexibility index (Phi) is 5.68. The molecule has 0 saturated carbocycles. The van der Waals surface area contributed by atoms with Crippen molar-refractivity contribution >= 4 is 34.8 Å². The van der Waals surface area contributed by atoms with Crippen LogP contribution in [0.3, 0.4) is 0 Å². The number of aliphatic carboxylic acids is 1. The second kappa shape index (κ2) is 8.14. The first-order valence-corrected chi connectivity index (χ1v) is 9.40. The number of hydrogen-bond acceptors (Lipinski definition) is 4. The van der Waals surface area contributed by atoms with Crippen LogP contribution in [0.4, 0.5) is 5.69 Å². The molecular weight excluding hydrogens is 352 g/mol. The number of amides is 2. The zero-order chi connectivity index (χ0) is 18.5. The summed E-state index contributed by atoms with van der Waals surface area (Å²) in [5.74, 6) is -1.36. The topological polar surface area (TPSA) is 86.7 Å². The number of carbonyl (C=O) groups excluding carboxylic acids is 2. The molecule has 0 unspecified atom stereocenters. The summed E-state index contributed by atoms with van der Waals surface area (Å²) in [6.07, 6.45) is 1.29. The Balaban J connectivity index is 1.54. The Morgan fingerprint density at radius 2 is 1.81 bits per heavy atom. The van der Waals surface area contributed by atoms with Gasteiger partial charge in [-0.15, -0.1) is 0 Å². The number of likely N-dealkylation sites (tertiary alicyclic amines) is 1. The van der Waals surface area contributed by atoms with Crippen molar-refractivity contribution in [2.45, 2.75) is 19.3 Å². The summed E-state index contributed by atoms with van der Waals surface area (Å²) < 4.78 is 0. The maximum absolute atomic E-state index is 12.5. The molecule has 1 aliphatic rings. The quantitative estimate of drug-likeness (QED) is 0.845. The molecule has 2 amide bonds. The monoisotopic (exact) mass is 372 g/mol. The Bertz CT molecular complexity index is 778. The Hall–Kier alpha value is -2.67. The van der Waals surface area contributed by atoms with E-state index in [9.17, 15) is 14.4 Å². The van der Waals surface area contributed by atoms with Crippen molar-refractivity contribution in [3.63, 3.8) is 0 Å². The first kappa shape index (κ1) is 18.1. The van der Waals surface area contributed by atoms with Crippen molar-refractivity contribution in [2.24, 2.45) is 5.92 Å². The molecule has 1 fully saturated rings. The number of rotatable bonds is 5. The summed E-state index contributed by atoms with van der Waals surface area (Å²) in [7, 11) is 0. The summed E-state index contributed by atoms with van der Waals surface area (Å²) in [5, 5.41) is 15.7. The number of anilines is 1. The van der Waals surface area contributed by atoms with Crippen LogP contribution in [0.5, 0.6) is 0 Å². The standard InChI is InChI=1S/C19H20N2O4S/c22-17(11-13-7-10-26-12-13)20-16-3-1-14(2-4-16)18(23)21-8-5-15(6-9-21)19(24)25/h1-4,7,10,12,15H,5-6,8-9,11H2,(H,20,22)(H,24,25). The largest absolute Gasteiger partial charge is 0.481 e. The van der Waals surface area contributed by atoms with Crippen molar-refractivity contribution in [3.8, 4) is 0 Å². The van der Waals surface area contributed by atoms with E-state index >= 15 is 0 Å². The van der Waals surface area contributed by atoms with Crippen LogP contribution in [0, 0.1) is 5.92 Å². The maximum Gasteiger partial charge on any atom is 0.306 e. The lowest BCUT2D eigenvalue weighted by molar-refractivity contribution is -0.143. The van der Waals surface area contributed by atoms with Crippen LogP contribution in [0.15, 0.2) is 41.1 Å². The van der Waals surface area contributed by atoms with Crippen LogP contribution in [-0.4, -0.2) is 40.9 Å². The summed E-state index contributed by atoms with van der Waals surface area (Å²) in [4.78, 5) is 37.2.